The summed E-state index contributed by atoms with van der Waals surface area (Å²) >= 11 is 0.924. The molecule has 0 spiro atoms. The minimum absolute atomic E-state index is 0.137. The van der Waals surface area contributed by atoms with Gasteiger partial charge < -0.3 is 10.4 Å². The molecule has 17 heavy (non-hydrogen) atoms. The van der Waals surface area contributed by atoms with Crippen molar-refractivity contribution in [2.45, 2.75) is 0 Å². The molecule has 0 aliphatic rings. The van der Waals surface area contributed by atoms with Crippen LogP contribution in [0, 0.1) is 0 Å². The normalized spacial score (nSPS) is 9.88. The number of pyridine rings is 1. The number of rotatable bonds is 3. The van der Waals surface area contributed by atoms with Crippen molar-refractivity contribution in [3.05, 3.63) is 35.1 Å². The Bertz CT molecular complexity index is 555. The second kappa shape index (κ2) is 4.66. The molecule has 2 heterocycles. The van der Waals surface area contributed by atoms with E-state index in [1.54, 1.807) is 0 Å². The third kappa shape index (κ3) is 2.42. The molecule has 0 aromatic carbocycles. The fourth-order valence-corrected chi connectivity index (χ4v) is 1.54. The second-order valence-corrected chi connectivity index (χ2v) is 3.73. The van der Waals surface area contributed by atoms with Gasteiger partial charge in [-0.05, 0) is 23.7 Å². The van der Waals surface area contributed by atoms with Crippen LogP contribution in [-0.2, 0) is 0 Å². The van der Waals surface area contributed by atoms with E-state index < -0.39 is 11.9 Å². The second-order valence-electron chi connectivity index (χ2n) is 2.94. The lowest BCUT2D eigenvalue weighted by Crippen LogP contribution is -2.14. The Hall–Kier alpha value is -2.35. The Balaban J connectivity index is 2.25. The van der Waals surface area contributed by atoms with Gasteiger partial charge in [0.15, 0.2) is 5.69 Å². The summed E-state index contributed by atoms with van der Waals surface area (Å²) in [6.45, 7) is 0. The zero-order valence-corrected chi connectivity index (χ0v) is 9.14. The Morgan fingerprint density at radius 3 is 2.88 bits per heavy atom. The number of nitrogens with zero attached hydrogens (tertiary/aromatic N) is 3. The summed E-state index contributed by atoms with van der Waals surface area (Å²) in [6.07, 6.45) is 2.64. The van der Waals surface area contributed by atoms with E-state index in [4.69, 9.17) is 5.11 Å². The molecule has 0 saturated heterocycles. The number of carbonyl (C=O) groups is 2. The fraction of sp³-hybridized carbons (Fsp3) is 0. The topological polar surface area (TPSA) is 105 Å². The molecule has 0 fully saturated rings. The Kier molecular flexibility index (Phi) is 3.06. The molecule has 2 aromatic rings. The van der Waals surface area contributed by atoms with Crippen molar-refractivity contribution in [3.8, 4) is 0 Å². The van der Waals surface area contributed by atoms with Crippen LogP contribution in [-0.4, -0.2) is 31.6 Å². The lowest BCUT2D eigenvalue weighted by Gasteiger charge is -2.05. The van der Waals surface area contributed by atoms with E-state index >= 15 is 0 Å². The molecule has 0 atom stereocenters. The van der Waals surface area contributed by atoms with Crippen molar-refractivity contribution < 1.29 is 14.7 Å². The Morgan fingerprint density at radius 1 is 1.41 bits per heavy atom. The van der Waals surface area contributed by atoms with Gasteiger partial charge in [-0.15, -0.1) is 5.10 Å². The predicted octanol–water partition coefficient (Wildman–Crippen LogP) is 0.884. The van der Waals surface area contributed by atoms with Crippen molar-refractivity contribution in [1.29, 1.82) is 0 Å². The Labute approximate surface area is 99.3 Å². The van der Waals surface area contributed by atoms with Gasteiger partial charge in [0.2, 0.25) is 0 Å². The lowest BCUT2D eigenvalue weighted by molar-refractivity contribution is 0.0692. The number of carboxylic acids is 1. The highest BCUT2D eigenvalue weighted by Crippen LogP contribution is 2.14. The number of carboxylic acid groups (broad SMARTS) is 1. The van der Waals surface area contributed by atoms with Gasteiger partial charge in [0.1, 0.15) is 4.88 Å². The molecule has 2 N–H and O–H groups in total. The zero-order valence-electron chi connectivity index (χ0n) is 8.32. The van der Waals surface area contributed by atoms with Crippen molar-refractivity contribution in [3.63, 3.8) is 0 Å². The van der Waals surface area contributed by atoms with E-state index in [9.17, 15) is 9.59 Å². The van der Waals surface area contributed by atoms with E-state index in [1.165, 1.54) is 24.5 Å². The summed E-state index contributed by atoms with van der Waals surface area (Å²) in [5.74, 6) is -1.67. The molecule has 86 valence electrons. The third-order valence-corrected chi connectivity index (χ3v) is 2.51. The van der Waals surface area contributed by atoms with Crippen LogP contribution >= 0.6 is 11.5 Å². The van der Waals surface area contributed by atoms with Crippen molar-refractivity contribution in [2.24, 2.45) is 0 Å². The van der Waals surface area contributed by atoms with Gasteiger partial charge in [0.25, 0.3) is 5.91 Å². The van der Waals surface area contributed by atoms with Gasteiger partial charge in [-0.2, -0.15) is 0 Å². The molecule has 2 aromatic heterocycles. The quantitative estimate of drug-likeness (QED) is 0.837. The maximum atomic E-state index is 11.6. The highest BCUT2D eigenvalue weighted by atomic mass is 32.1. The SMILES string of the molecule is O=C(Nc1cccnc1C(=O)O)c1cnns1. The first kappa shape index (κ1) is 11.1. The maximum Gasteiger partial charge on any atom is 0.356 e. The average Bonchev–Trinajstić information content (AvgIpc) is 2.83. The van der Waals surface area contributed by atoms with Crippen LogP contribution in [0.4, 0.5) is 5.69 Å². The minimum atomic E-state index is -1.21. The number of hydrogen-bond acceptors (Lipinski definition) is 6. The number of aromatic carboxylic acids is 1. The number of amides is 1. The van der Waals surface area contributed by atoms with Crippen LogP contribution in [0.25, 0.3) is 0 Å². The molecule has 0 saturated carbocycles. The fourth-order valence-electron chi connectivity index (χ4n) is 1.13. The number of aromatic nitrogens is 3. The summed E-state index contributed by atoms with van der Waals surface area (Å²) in [7, 11) is 0. The van der Waals surface area contributed by atoms with Crippen LogP contribution in [0.2, 0.25) is 0 Å². The summed E-state index contributed by atoms with van der Waals surface area (Å²) in [4.78, 5) is 26.5. The van der Waals surface area contributed by atoms with Gasteiger partial charge in [-0.1, -0.05) is 4.49 Å². The van der Waals surface area contributed by atoms with Crippen LogP contribution in [0.5, 0.6) is 0 Å². The standard InChI is InChI=1S/C9H6N4O3S/c14-8(6-4-11-13-17-6)12-5-2-1-3-10-7(5)9(15)16/h1-4H,(H,12,14)(H,15,16). The van der Waals surface area contributed by atoms with Gasteiger partial charge in [-0.3, -0.25) is 4.79 Å². The van der Waals surface area contributed by atoms with Crippen LogP contribution in [0.15, 0.2) is 24.5 Å². The van der Waals surface area contributed by atoms with Crippen molar-refractivity contribution in [2.75, 3.05) is 5.32 Å². The molecule has 0 unspecified atom stereocenters. The number of hydrogen-bond donors (Lipinski definition) is 2. The summed E-state index contributed by atoms with van der Waals surface area (Å²) in [5, 5.41) is 14.8. The van der Waals surface area contributed by atoms with Crippen molar-refractivity contribution in [1.82, 2.24) is 14.6 Å². The summed E-state index contributed by atoms with van der Waals surface area (Å²) in [5.41, 5.74) is -0.0725. The van der Waals surface area contributed by atoms with Crippen LogP contribution in [0.3, 0.4) is 0 Å². The predicted molar refractivity (Wildman–Crippen MR) is 59.1 cm³/mol. The third-order valence-electron chi connectivity index (χ3n) is 1.84. The molecule has 2 rings (SSSR count). The molecule has 0 aliphatic carbocycles. The molecule has 0 bridgehead atoms. The highest BCUT2D eigenvalue weighted by Gasteiger charge is 2.15. The molecule has 1 amide bonds. The number of carbonyl (C=O) groups excluding carboxylic acids is 1. The van der Waals surface area contributed by atoms with E-state index in [0.29, 0.717) is 4.88 Å². The van der Waals surface area contributed by atoms with Crippen LogP contribution < -0.4 is 5.32 Å². The highest BCUT2D eigenvalue weighted by molar-refractivity contribution is 7.07. The van der Waals surface area contributed by atoms with Crippen LogP contribution in [0.1, 0.15) is 20.2 Å². The van der Waals surface area contributed by atoms with E-state index in [2.05, 4.69) is 19.9 Å². The average molecular weight is 250 g/mol. The monoisotopic (exact) mass is 250 g/mol. The first-order chi connectivity index (χ1) is 8.18. The number of nitrogens with one attached hydrogen (secondary N) is 1. The van der Waals surface area contributed by atoms with Gasteiger partial charge >= 0.3 is 5.97 Å². The number of anilines is 1. The van der Waals surface area contributed by atoms with Crippen molar-refractivity contribution >= 4 is 29.1 Å². The molecular weight excluding hydrogens is 244 g/mol. The van der Waals surface area contributed by atoms with E-state index in [1.807, 2.05) is 0 Å². The van der Waals surface area contributed by atoms with Gasteiger partial charge in [0, 0.05) is 6.20 Å². The molecule has 0 radical (unpaired) electrons. The molecular formula is C9H6N4O3S. The van der Waals surface area contributed by atoms with E-state index in [0.717, 1.165) is 11.5 Å². The summed E-state index contributed by atoms with van der Waals surface area (Å²) < 4.78 is 3.54. The molecule has 0 aliphatic heterocycles. The Morgan fingerprint density at radius 2 is 2.24 bits per heavy atom. The van der Waals surface area contributed by atoms with Gasteiger partial charge in [0.05, 0.1) is 11.9 Å². The minimum Gasteiger partial charge on any atom is -0.476 e. The largest absolute Gasteiger partial charge is 0.476 e. The lowest BCUT2D eigenvalue weighted by atomic mass is 10.3. The first-order valence-corrected chi connectivity index (χ1v) is 5.23. The maximum absolute atomic E-state index is 11.6. The van der Waals surface area contributed by atoms with E-state index in [-0.39, 0.29) is 11.4 Å². The zero-order chi connectivity index (χ0) is 12.3. The first-order valence-electron chi connectivity index (χ1n) is 4.45. The van der Waals surface area contributed by atoms with Gasteiger partial charge in [-0.25, -0.2) is 9.78 Å². The molecule has 8 heteroatoms. The summed E-state index contributed by atoms with van der Waals surface area (Å²) in [6, 6.07) is 3.00. The smallest absolute Gasteiger partial charge is 0.356 e. The molecule has 7 nitrogen and oxygen atoms in total.